The smallest absolute Gasteiger partial charge is 0.187 e. The van der Waals surface area contributed by atoms with Gasteiger partial charge < -0.3 is 79.5 Å². The first-order valence-electron chi connectivity index (χ1n) is 22.8. The van der Waals surface area contributed by atoms with Gasteiger partial charge in [0.2, 0.25) is 0 Å². The zero-order valence-corrected chi connectivity index (χ0v) is 36.8. The molecule has 0 aromatic rings. The molecule has 7 rings (SSSR count). The minimum absolute atomic E-state index is 0.0223. The van der Waals surface area contributed by atoms with Gasteiger partial charge in [-0.1, -0.05) is 32.4 Å². The van der Waals surface area contributed by atoms with E-state index in [2.05, 4.69) is 19.9 Å². The average molecular weight is 899 g/mol. The summed E-state index contributed by atoms with van der Waals surface area (Å²) in [5.41, 5.74) is 1.73. The van der Waals surface area contributed by atoms with E-state index in [0.29, 0.717) is 36.8 Å². The van der Waals surface area contributed by atoms with Crippen LogP contribution in [-0.4, -0.2) is 181 Å². The first-order chi connectivity index (χ1) is 29.7. The maximum absolute atomic E-state index is 13.9. The van der Waals surface area contributed by atoms with E-state index in [1.165, 1.54) is 12.5 Å². The lowest BCUT2D eigenvalue weighted by atomic mass is 9.47. The number of Topliss-reactive ketones (excluding diaryl/α,β-unsaturated/α-hetero) is 2. The predicted molar refractivity (Wildman–Crippen MR) is 218 cm³/mol. The molecule has 358 valence electrons. The molecule has 3 aliphatic heterocycles. The Labute approximate surface area is 367 Å². The van der Waals surface area contributed by atoms with Gasteiger partial charge in [-0.25, -0.2) is 0 Å². The maximum atomic E-state index is 13.9. The van der Waals surface area contributed by atoms with Gasteiger partial charge in [0.25, 0.3) is 0 Å². The van der Waals surface area contributed by atoms with Crippen molar-refractivity contribution in [2.75, 3.05) is 19.8 Å². The molecule has 0 radical (unpaired) electrons. The van der Waals surface area contributed by atoms with Gasteiger partial charge in [0.1, 0.15) is 67.1 Å². The van der Waals surface area contributed by atoms with Gasteiger partial charge in [0.15, 0.2) is 30.4 Å². The molecule has 3 saturated carbocycles. The van der Waals surface area contributed by atoms with Crippen LogP contribution < -0.4 is 0 Å². The van der Waals surface area contributed by atoms with Crippen molar-refractivity contribution in [3.8, 4) is 0 Å². The van der Waals surface area contributed by atoms with E-state index in [-0.39, 0.29) is 53.7 Å². The van der Waals surface area contributed by atoms with Gasteiger partial charge in [-0.15, -0.1) is 0 Å². The molecule has 18 heteroatoms. The topological polar surface area (TPSA) is 292 Å². The molecule has 18 nitrogen and oxygen atoms in total. The van der Waals surface area contributed by atoms with Crippen molar-refractivity contribution in [3.63, 3.8) is 0 Å². The highest BCUT2D eigenvalue weighted by Crippen LogP contribution is 2.66. The quantitative estimate of drug-likeness (QED) is 0.0807. The van der Waals surface area contributed by atoms with Crippen molar-refractivity contribution in [2.24, 2.45) is 34.5 Å². The van der Waals surface area contributed by atoms with Gasteiger partial charge in [0, 0.05) is 18.4 Å². The van der Waals surface area contributed by atoms with Crippen LogP contribution in [0.1, 0.15) is 92.4 Å². The fraction of sp³-hybridized carbons (Fsp3) is 0.867. The molecule has 63 heavy (non-hydrogen) atoms. The number of carbonyl (C=O) groups is 2. The number of aliphatic hydroxyl groups excluding tert-OH is 10. The summed E-state index contributed by atoms with van der Waals surface area (Å²) in [5, 5.41) is 103. The van der Waals surface area contributed by atoms with Crippen molar-refractivity contribution in [1.29, 1.82) is 0 Å². The van der Waals surface area contributed by atoms with E-state index in [4.69, 9.17) is 28.4 Å². The van der Waals surface area contributed by atoms with E-state index in [9.17, 15) is 60.7 Å². The van der Waals surface area contributed by atoms with Gasteiger partial charge in [0.05, 0.1) is 32.0 Å². The number of carbonyl (C=O) groups excluding carboxylic acids is 2. The fourth-order valence-corrected chi connectivity index (χ4v) is 12.0. The van der Waals surface area contributed by atoms with Crippen LogP contribution in [0.4, 0.5) is 0 Å². The van der Waals surface area contributed by atoms with E-state index >= 15 is 0 Å². The molecular weight excluding hydrogens is 828 g/mol. The minimum Gasteiger partial charge on any atom is -0.394 e. The lowest BCUT2D eigenvalue weighted by Crippen LogP contribution is -2.64. The molecule has 0 aromatic carbocycles. The van der Waals surface area contributed by atoms with Crippen LogP contribution >= 0.6 is 0 Å². The van der Waals surface area contributed by atoms with Crippen LogP contribution in [0, 0.1) is 34.5 Å². The second kappa shape index (κ2) is 19.4. The molecule has 4 aliphatic carbocycles. The zero-order valence-electron chi connectivity index (χ0n) is 36.8. The summed E-state index contributed by atoms with van der Waals surface area (Å²) in [6.07, 6.45) is -13.8. The second-order valence-corrected chi connectivity index (χ2v) is 19.9. The van der Waals surface area contributed by atoms with Crippen molar-refractivity contribution in [2.45, 2.75) is 191 Å². The van der Waals surface area contributed by atoms with Gasteiger partial charge in [-0.2, -0.15) is 0 Å². The number of allylic oxidation sites excluding steroid dienone is 3. The first-order valence-corrected chi connectivity index (χ1v) is 22.8. The summed E-state index contributed by atoms with van der Waals surface area (Å²) >= 11 is 0. The lowest BCUT2D eigenvalue weighted by Gasteiger charge is -2.57. The van der Waals surface area contributed by atoms with Crippen LogP contribution in [0.5, 0.6) is 0 Å². The Morgan fingerprint density at radius 1 is 0.762 bits per heavy atom. The van der Waals surface area contributed by atoms with E-state index < -0.39 is 117 Å². The number of hydrogen-bond donors (Lipinski definition) is 10. The molecule has 3 saturated heterocycles. The highest BCUT2D eigenvalue weighted by atomic mass is 16.8. The highest BCUT2D eigenvalue weighted by Gasteiger charge is 2.60. The molecule has 22 atom stereocenters. The molecule has 0 bridgehead atoms. The number of fused-ring (bicyclic) bond motifs is 5. The summed E-state index contributed by atoms with van der Waals surface area (Å²) in [6.45, 7) is 8.48. The molecule has 3 heterocycles. The van der Waals surface area contributed by atoms with Gasteiger partial charge >= 0.3 is 0 Å². The predicted octanol–water partition coefficient (Wildman–Crippen LogP) is -0.716. The van der Waals surface area contributed by atoms with Crippen molar-refractivity contribution < 1.29 is 89.1 Å². The van der Waals surface area contributed by atoms with E-state index in [1.54, 1.807) is 6.92 Å². The summed E-state index contributed by atoms with van der Waals surface area (Å²) < 4.78 is 35.1. The Morgan fingerprint density at radius 2 is 1.38 bits per heavy atom. The summed E-state index contributed by atoms with van der Waals surface area (Å²) in [5.74, 6) is 0.340. The van der Waals surface area contributed by atoms with E-state index in [1.807, 2.05) is 6.92 Å². The van der Waals surface area contributed by atoms with Crippen LogP contribution in [0.25, 0.3) is 0 Å². The summed E-state index contributed by atoms with van der Waals surface area (Å²) in [4.78, 5) is 27.7. The van der Waals surface area contributed by atoms with Crippen LogP contribution in [0.3, 0.4) is 0 Å². The van der Waals surface area contributed by atoms with Crippen molar-refractivity contribution in [1.82, 2.24) is 0 Å². The average Bonchev–Trinajstić information content (AvgIpc) is 3.54. The van der Waals surface area contributed by atoms with Crippen molar-refractivity contribution >= 4 is 11.6 Å². The minimum atomic E-state index is -1.67. The number of rotatable bonds is 13. The van der Waals surface area contributed by atoms with Crippen molar-refractivity contribution in [3.05, 3.63) is 22.8 Å². The molecule has 6 fully saturated rings. The molecule has 0 spiro atoms. The molecule has 7 aliphatic rings. The van der Waals surface area contributed by atoms with Gasteiger partial charge in [-0.3, -0.25) is 9.59 Å². The third kappa shape index (κ3) is 9.15. The standard InChI is InChI=1S/C45H70O18/c1-19(18-58-41-38(56)36(54)33(51)29(16-46)61-41)6-9-27(48)20(2)31-28(49)15-26-24-8-7-22-14-23(10-12-44(22,4)25(24)11-13-45(26,31)5)60-43-40(37(55)34(52)30(17-47)62-43)63-42-39(57)35(53)32(50)21(3)59-42/h7,19,21,23-26,29-30,32-43,46-47,50-57H,6,8-18H2,1-5H3/b31-20+/t19-,21+,23+,24-,25+,26+,29-,30-,32+,33-,34-,35-,36+,37+,38-,39-,40-,41-,42+,43-,44+,45+/m1/s1. The SMILES string of the molecule is C/C(C(=O)CC[C@@H](C)CO[C@@H]1O[C@H](CO)[C@@H](O)[C@H](O)[C@H]1O)=C1/C(=O)C[C@H]2[C@@H]3CC=C4C[C@@H](O[C@@H]5O[C@H](CO)[C@@H](O)[C@H](O)[C@H]5O[C@@H]5O[C@@H](C)[C@H](O)[C@@H](O)[C@H]5O)CC[C@]4(C)[C@H]3CC[C@]12C. The van der Waals surface area contributed by atoms with Gasteiger partial charge in [-0.05, 0) is 98.9 Å². The van der Waals surface area contributed by atoms with Crippen LogP contribution in [-0.2, 0) is 38.0 Å². The Balaban J connectivity index is 0.985. The molecule has 0 aromatic heterocycles. The number of ketones is 2. The van der Waals surface area contributed by atoms with E-state index in [0.717, 1.165) is 25.7 Å². The zero-order chi connectivity index (χ0) is 45.9. The first kappa shape index (κ1) is 49.1. The maximum Gasteiger partial charge on any atom is 0.187 e. The number of aliphatic hydroxyl groups is 10. The monoisotopic (exact) mass is 898 g/mol. The van der Waals surface area contributed by atoms with Crippen LogP contribution in [0.15, 0.2) is 22.8 Å². The third-order valence-corrected chi connectivity index (χ3v) is 16.0. The molecular formula is C45H70O18. The number of hydrogen-bond acceptors (Lipinski definition) is 18. The molecule has 10 N–H and O–H groups in total. The normalized spacial score (nSPS) is 49.0. The molecule has 0 amide bonds. The Morgan fingerprint density at radius 3 is 2.06 bits per heavy atom. The Kier molecular flexibility index (Phi) is 15.1. The Bertz CT molecular complexity index is 1700. The number of ether oxygens (including phenoxy) is 6. The fourth-order valence-electron chi connectivity index (χ4n) is 12.0. The third-order valence-electron chi connectivity index (χ3n) is 16.0. The summed E-state index contributed by atoms with van der Waals surface area (Å²) in [7, 11) is 0. The summed E-state index contributed by atoms with van der Waals surface area (Å²) in [6, 6.07) is 0. The molecule has 0 unspecified atom stereocenters. The van der Waals surface area contributed by atoms with Crippen LogP contribution in [0.2, 0.25) is 0 Å². The lowest BCUT2D eigenvalue weighted by molar-refractivity contribution is -0.369. The Hall–Kier alpha value is -1.82. The largest absolute Gasteiger partial charge is 0.394 e. The second-order valence-electron chi connectivity index (χ2n) is 19.9. The highest BCUT2D eigenvalue weighted by molar-refractivity contribution is 6.08.